The van der Waals surface area contributed by atoms with E-state index in [9.17, 15) is 10.1 Å². The molecule has 0 aliphatic rings. The number of para-hydroxylation sites is 1. The molecule has 0 radical (unpaired) electrons. The highest BCUT2D eigenvalue weighted by molar-refractivity contribution is 7.07. The van der Waals surface area contributed by atoms with E-state index < -0.39 is 6.09 Å². The van der Waals surface area contributed by atoms with Gasteiger partial charge in [-0.1, -0.05) is 18.2 Å². The van der Waals surface area contributed by atoms with Crippen LogP contribution in [0.1, 0.15) is 16.7 Å². The lowest BCUT2D eigenvalue weighted by Gasteiger charge is -2.12. The molecule has 0 bridgehead atoms. The number of rotatable bonds is 8. The Balaban J connectivity index is 1.33. The molecule has 3 heterocycles. The first-order chi connectivity index (χ1) is 18.1. The van der Waals surface area contributed by atoms with Crippen molar-refractivity contribution in [2.45, 2.75) is 13.3 Å². The van der Waals surface area contributed by atoms with Crippen LogP contribution in [0.15, 0.2) is 83.8 Å². The molecule has 0 spiro atoms. The highest BCUT2D eigenvalue weighted by Crippen LogP contribution is 2.33. The van der Waals surface area contributed by atoms with Gasteiger partial charge < -0.3 is 14.8 Å². The molecular formula is C28H23N5O3S. The Morgan fingerprint density at radius 3 is 2.62 bits per heavy atom. The van der Waals surface area contributed by atoms with E-state index in [0.29, 0.717) is 34.6 Å². The number of aryl methyl sites for hydroxylation is 1. The van der Waals surface area contributed by atoms with E-state index in [-0.39, 0.29) is 6.61 Å². The predicted octanol–water partition coefficient (Wildman–Crippen LogP) is 6.90. The number of nitriles is 1. The van der Waals surface area contributed by atoms with Crippen molar-refractivity contribution in [1.82, 2.24) is 9.61 Å². The third-order valence-electron chi connectivity index (χ3n) is 5.72. The highest BCUT2D eigenvalue weighted by atomic mass is 32.1. The van der Waals surface area contributed by atoms with Crippen molar-refractivity contribution in [2.24, 2.45) is 0 Å². The zero-order chi connectivity index (χ0) is 25.6. The van der Waals surface area contributed by atoms with Gasteiger partial charge in [0, 0.05) is 17.7 Å². The fraction of sp³-hybridized carbons (Fsp3) is 0.107. The van der Waals surface area contributed by atoms with Crippen LogP contribution >= 0.6 is 11.3 Å². The summed E-state index contributed by atoms with van der Waals surface area (Å²) in [4.78, 5) is 12.4. The van der Waals surface area contributed by atoms with Crippen LogP contribution in [-0.2, 0) is 11.2 Å². The van der Waals surface area contributed by atoms with Gasteiger partial charge in [0.05, 0.1) is 41.5 Å². The Hall–Kier alpha value is -4.81. The summed E-state index contributed by atoms with van der Waals surface area (Å²) in [6.45, 7) is 2.14. The van der Waals surface area contributed by atoms with E-state index in [2.05, 4.69) is 21.8 Å². The maximum atomic E-state index is 12.4. The average Bonchev–Trinajstić information content (AvgIpc) is 3.54. The van der Waals surface area contributed by atoms with Crippen LogP contribution in [0.5, 0.6) is 11.5 Å². The largest absolute Gasteiger partial charge is 0.457 e. The number of ether oxygens (including phenoxy) is 2. The van der Waals surface area contributed by atoms with Gasteiger partial charge in [-0.25, -0.2) is 9.31 Å². The molecule has 0 atom stereocenters. The number of fused-ring (bicyclic) bond motifs is 1. The molecule has 5 rings (SSSR count). The van der Waals surface area contributed by atoms with Crippen LogP contribution in [0.3, 0.4) is 0 Å². The van der Waals surface area contributed by atoms with Gasteiger partial charge in [0.1, 0.15) is 17.6 Å². The number of carbonyl (C=O) groups is 1. The van der Waals surface area contributed by atoms with Crippen molar-refractivity contribution >= 4 is 40.0 Å². The molecule has 9 heteroatoms. The van der Waals surface area contributed by atoms with Crippen LogP contribution in [0.4, 0.5) is 21.9 Å². The Labute approximate surface area is 217 Å². The number of hydrogen-bond acceptors (Lipinski definition) is 7. The normalized spacial score (nSPS) is 10.6. The molecule has 37 heavy (non-hydrogen) atoms. The van der Waals surface area contributed by atoms with E-state index in [1.165, 1.54) is 6.20 Å². The fourth-order valence-corrected chi connectivity index (χ4v) is 4.55. The number of nitrogens with one attached hydrogen (secondary N) is 2. The topological polar surface area (TPSA) is 101 Å². The summed E-state index contributed by atoms with van der Waals surface area (Å²) >= 11 is 1.61. The van der Waals surface area contributed by atoms with E-state index >= 15 is 0 Å². The maximum Gasteiger partial charge on any atom is 0.411 e. The SMILES string of the molecule is Cc1c(NC(=O)OCCc2ccsc2)cn2ncc(C#N)c(Nc3ccc(Oc4ccccc4)cc3)c12. The van der Waals surface area contributed by atoms with E-state index in [1.54, 1.807) is 22.0 Å². The summed E-state index contributed by atoms with van der Waals surface area (Å²) in [6.07, 6.45) is 3.31. The second-order valence-corrected chi connectivity index (χ2v) is 8.99. The maximum absolute atomic E-state index is 12.4. The molecule has 2 aromatic carbocycles. The van der Waals surface area contributed by atoms with Gasteiger partial charge in [0.15, 0.2) is 0 Å². The minimum absolute atomic E-state index is 0.280. The van der Waals surface area contributed by atoms with Gasteiger partial charge in [-0.2, -0.15) is 21.7 Å². The summed E-state index contributed by atoms with van der Waals surface area (Å²) in [5.74, 6) is 1.44. The molecule has 0 saturated heterocycles. The van der Waals surface area contributed by atoms with Crippen LogP contribution in [0.25, 0.3) is 5.52 Å². The van der Waals surface area contributed by atoms with Crippen molar-refractivity contribution in [3.8, 4) is 17.6 Å². The standard InChI is InChI=1S/C28H23N5O3S/c1-19-25(32-28(34)35-13-11-20-12-14-37-18-20)17-33-27(19)26(21(15-29)16-30-33)31-22-7-9-24(10-8-22)36-23-5-3-2-4-6-23/h2-10,12,14,16-18,31H,11,13H2,1H3,(H,32,34). The molecular weight excluding hydrogens is 486 g/mol. The lowest BCUT2D eigenvalue weighted by Crippen LogP contribution is -2.15. The third kappa shape index (κ3) is 5.55. The molecule has 2 N–H and O–H groups in total. The Morgan fingerprint density at radius 2 is 1.89 bits per heavy atom. The average molecular weight is 510 g/mol. The molecule has 0 unspecified atom stereocenters. The summed E-state index contributed by atoms with van der Waals surface area (Å²) in [5.41, 5.74) is 4.86. The minimum atomic E-state index is -0.543. The van der Waals surface area contributed by atoms with Crippen molar-refractivity contribution < 1.29 is 14.3 Å². The fourth-order valence-electron chi connectivity index (χ4n) is 3.84. The van der Waals surface area contributed by atoms with Gasteiger partial charge in [-0.05, 0) is 65.7 Å². The minimum Gasteiger partial charge on any atom is -0.457 e. The van der Waals surface area contributed by atoms with Gasteiger partial charge in [-0.3, -0.25) is 5.32 Å². The quantitative estimate of drug-likeness (QED) is 0.236. The van der Waals surface area contributed by atoms with Crippen molar-refractivity contribution in [3.05, 3.63) is 101 Å². The summed E-state index contributed by atoms with van der Waals surface area (Å²) < 4.78 is 12.8. The van der Waals surface area contributed by atoms with Gasteiger partial charge in [0.25, 0.3) is 0 Å². The Morgan fingerprint density at radius 1 is 1.11 bits per heavy atom. The summed E-state index contributed by atoms with van der Waals surface area (Å²) in [6, 6.07) is 21.2. The molecule has 8 nitrogen and oxygen atoms in total. The molecule has 3 aromatic heterocycles. The third-order valence-corrected chi connectivity index (χ3v) is 6.45. The second-order valence-electron chi connectivity index (χ2n) is 8.21. The second kappa shape index (κ2) is 10.8. The zero-order valence-corrected chi connectivity index (χ0v) is 20.8. The number of aromatic nitrogens is 2. The van der Waals surface area contributed by atoms with E-state index in [1.807, 2.05) is 78.3 Å². The van der Waals surface area contributed by atoms with E-state index in [4.69, 9.17) is 9.47 Å². The molecule has 0 aliphatic carbocycles. The monoisotopic (exact) mass is 509 g/mol. The van der Waals surface area contributed by atoms with Crippen molar-refractivity contribution in [3.63, 3.8) is 0 Å². The number of thiophene rings is 1. The number of hydrogen-bond donors (Lipinski definition) is 2. The van der Waals surface area contributed by atoms with Crippen LogP contribution in [-0.4, -0.2) is 22.3 Å². The summed E-state index contributed by atoms with van der Waals surface area (Å²) in [7, 11) is 0. The zero-order valence-electron chi connectivity index (χ0n) is 20.0. The van der Waals surface area contributed by atoms with Crippen molar-refractivity contribution in [1.29, 1.82) is 5.26 Å². The van der Waals surface area contributed by atoms with Gasteiger partial charge >= 0.3 is 6.09 Å². The molecule has 0 aliphatic heterocycles. The molecule has 1 amide bonds. The van der Waals surface area contributed by atoms with Crippen molar-refractivity contribution in [2.75, 3.05) is 17.2 Å². The number of carbonyl (C=O) groups excluding carboxylic acids is 1. The first kappa shape index (κ1) is 23.9. The Kier molecular flexibility index (Phi) is 7.01. The molecule has 0 fully saturated rings. The van der Waals surface area contributed by atoms with Crippen LogP contribution in [0.2, 0.25) is 0 Å². The van der Waals surface area contributed by atoms with Gasteiger partial charge in [0.2, 0.25) is 0 Å². The smallest absolute Gasteiger partial charge is 0.411 e. The lowest BCUT2D eigenvalue weighted by molar-refractivity contribution is 0.163. The van der Waals surface area contributed by atoms with Crippen LogP contribution < -0.4 is 15.4 Å². The molecule has 5 aromatic rings. The number of amides is 1. The highest BCUT2D eigenvalue weighted by Gasteiger charge is 2.18. The first-order valence-corrected chi connectivity index (χ1v) is 12.5. The Bertz CT molecular complexity index is 1560. The van der Waals surface area contributed by atoms with Crippen LogP contribution in [0, 0.1) is 18.3 Å². The van der Waals surface area contributed by atoms with E-state index in [0.717, 1.165) is 22.6 Å². The summed E-state index contributed by atoms with van der Waals surface area (Å²) in [5, 5.41) is 24.2. The van der Waals surface area contributed by atoms with Gasteiger partial charge in [-0.15, -0.1) is 0 Å². The predicted molar refractivity (Wildman–Crippen MR) is 144 cm³/mol. The molecule has 0 saturated carbocycles. The lowest BCUT2D eigenvalue weighted by atomic mass is 10.1. The number of nitrogens with zero attached hydrogens (tertiary/aromatic N) is 3. The number of anilines is 3. The molecule has 184 valence electrons. The first-order valence-electron chi connectivity index (χ1n) is 11.6. The number of benzene rings is 2.